The molecule has 63 heavy (non-hydrogen) atoms. The summed E-state index contributed by atoms with van der Waals surface area (Å²) in [4.78, 5) is 41.2. The fourth-order valence-corrected chi connectivity index (χ4v) is 11.7. The number of carbonyl (C=O) groups excluding carboxylic acids is 1. The number of hydrogen-bond donors (Lipinski definition) is 3. The van der Waals surface area contributed by atoms with E-state index >= 15 is 4.39 Å². The number of nitrogens with one attached hydrogen (secondary N) is 3. The summed E-state index contributed by atoms with van der Waals surface area (Å²) >= 11 is 0. The Morgan fingerprint density at radius 3 is 2.46 bits per heavy atom. The van der Waals surface area contributed by atoms with Gasteiger partial charge in [-0.15, -0.1) is 0 Å². The van der Waals surface area contributed by atoms with Gasteiger partial charge in [0.05, 0.1) is 29.4 Å². The van der Waals surface area contributed by atoms with Gasteiger partial charge in [-0.3, -0.25) is 19.8 Å². The number of hydrogen-bond acceptors (Lipinski definition) is 11. The third kappa shape index (κ3) is 8.46. The van der Waals surface area contributed by atoms with Crippen LogP contribution in [0, 0.1) is 15.5 Å². The van der Waals surface area contributed by atoms with Crippen molar-refractivity contribution in [2.45, 2.75) is 112 Å². The van der Waals surface area contributed by atoms with E-state index in [1.807, 2.05) is 6.07 Å². The molecule has 16 heteroatoms. The number of aromatic amines is 1. The number of H-pyrrole nitrogens is 1. The van der Waals surface area contributed by atoms with E-state index in [9.17, 15) is 23.3 Å². The van der Waals surface area contributed by atoms with Crippen LogP contribution in [-0.2, 0) is 10.0 Å². The zero-order valence-corrected chi connectivity index (χ0v) is 36.0. The van der Waals surface area contributed by atoms with Gasteiger partial charge in [-0.2, -0.15) is 0 Å². The lowest BCUT2D eigenvalue weighted by Gasteiger charge is -2.56. The summed E-state index contributed by atoms with van der Waals surface area (Å²) in [5.74, 6) is -0.0355. The number of pyridine rings is 2. The maximum Gasteiger partial charge on any atom is 0.312 e. The number of sulfonamides is 1. The van der Waals surface area contributed by atoms with Gasteiger partial charge in [0.2, 0.25) is 5.82 Å². The van der Waals surface area contributed by atoms with Gasteiger partial charge >= 0.3 is 5.69 Å². The van der Waals surface area contributed by atoms with Crippen molar-refractivity contribution < 1.29 is 27.3 Å². The number of halogens is 1. The summed E-state index contributed by atoms with van der Waals surface area (Å²) in [6.45, 7) is 2.64. The summed E-state index contributed by atoms with van der Waals surface area (Å²) < 4.78 is 51.0. The Morgan fingerprint density at radius 1 is 0.921 bits per heavy atom. The molecular weight excluding hydrogens is 824 g/mol. The third-order valence-electron chi connectivity index (χ3n) is 14.4. The fraction of sp³-hybridized carbons (Fsp3) is 0.468. The number of nitro groups is 1. The first-order chi connectivity index (χ1) is 30.4. The van der Waals surface area contributed by atoms with Crippen molar-refractivity contribution in [3.63, 3.8) is 0 Å². The highest BCUT2D eigenvalue weighted by molar-refractivity contribution is 7.90. The van der Waals surface area contributed by atoms with E-state index in [0.717, 1.165) is 68.2 Å². The number of piperidine rings is 1. The number of carbonyl (C=O) groups is 1. The maximum atomic E-state index is 15.3. The number of benzene rings is 2. The second-order valence-corrected chi connectivity index (χ2v) is 20.2. The molecule has 1 amide bonds. The van der Waals surface area contributed by atoms with Crippen molar-refractivity contribution >= 4 is 44.2 Å². The minimum absolute atomic E-state index is 0.0586. The Labute approximate surface area is 366 Å². The number of alkyl halides is 1. The van der Waals surface area contributed by atoms with Gasteiger partial charge in [0.15, 0.2) is 0 Å². The van der Waals surface area contributed by atoms with Crippen molar-refractivity contribution in [1.29, 1.82) is 0 Å². The van der Waals surface area contributed by atoms with Gasteiger partial charge in [-0.25, -0.2) is 27.5 Å². The van der Waals surface area contributed by atoms with Crippen molar-refractivity contribution in [1.82, 2.24) is 24.6 Å². The van der Waals surface area contributed by atoms with E-state index in [-0.39, 0.29) is 23.7 Å². The highest BCUT2D eigenvalue weighted by Crippen LogP contribution is 2.55. The van der Waals surface area contributed by atoms with E-state index in [2.05, 4.69) is 59.1 Å². The first-order valence-electron chi connectivity index (χ1n) is 22.4. The number of rotatable bonds is 13. The Bertz CT molecular complexity index is 2650. The van der Waals surface area contributed by atoms with Crippen LogP contribution in [-0.4, -0.2) is 77.0 Å². The van der Waals surface area contributed by atoms with Crippen LogP contribution in [0.4, 0.5) is 21.6 Å². The molecule has 0 bridgehead atoms. The molecule has 5 heterocycles. The van der Waals surface area contributed by atoms with Gasteiger partial charge in [0.1, 0.15) is 27.7 Å². The molecule has 2 aliphatic heterocycles. The predicted octanol–water partition coefficient (Wildman–Crippen LogP) is 9.32. The molecule has 5 aromatic rings. The molecule has 2 aromatic carbocycles. The van der Waals surface area contributed by atoms with Crippen molar-refractivity contribution in [2.24, 2.45) is 5.41 Å². The second kappa shape index (κ2) is 16.5. The van der Waals surface area contributed by atoms with Gasteiger partial charge in [-0.05, 0) is 117 Å². The zero-order chi connectivity index (χ0) is 43.3. The molecule has 5 aliphatic rings. The lowest BCUT2D eigenvalue weighted by atomic mass is 9.59. The second-order valence-electron chi connectivity index (χ2n) is 18.5. The standard InChI is InChI=1S/C47H53FN8O6S/c48-47(15-4-1-5-16-47)30-52-44-41(56(58)59)25-36(29-51-44)63(60,61)53-45(57)39-13-12-33(24-42(39)62-35-23-32-14-19-49-43(32)50-28-35)54-21-17-46(18-22-54)26-34(27-46)55-20-6-9-40(55)38-8-3-2-7-37(38)31-10-11-31/h2-3,7-8,12-14,19,23-25,28-29,31,34,40H,1,4-6,9-11,15-18,20-22,26-27,30H2,(H,49,50)(H,51,52)(H,53,57)/t40-/m0/s1. The monoisotopic (exact) mass is 876 g/mol. The molecule has 330 valence electrons. The summed E-state index contributed by atoms with van der Waals surface area (Å²) in [6.07, 6.45) is 16.8. The molecule has 1 atom stereocenters. The Hall–Kier alpha value is -5.61. The molecular formula is C47H53FN8O6S. The Kier molecular flexibility index (Phi) is 10.8. The van der Waals surface area contributed by atoms with Crippen LogP contribution >= 0.6 is 0 Å². The maximum absolute atomic E-state index is 15.3. The molecule has 3 aliphatic carbocycles. The van der Waals surface area contributed by atoms with Gasteiger partial charge in [0.25, 0.3) is 15.9 Å². The van der Waals surface area contributed by atoms with Crippen molar-refractivity contribution in [3.8, 4) is 11.5 Å². The van der Waals surface area contributed by atoms with Crippen LogP contribution in [0.25, 0.3) is 11.0 Å². The van der Waals surface area contributed by atoms with Gasteiger partial charge < -0.3 is 19.9 Å². The van der Waals surface area contributed by atoms with Gasteiger partial charge in [0, 0.05) is 54.6 Å². The van der Waals surface area contributed by atoms with E-state index < -0.39 is 37.1 Å². The van der Waals surface area contributed by atoms with Crippen molar-refractivity contribution in [3.05, 3.63) is 106 Å². The van der Waals surface area contributed by atoms with Crippen LogP contribution in [0.15, 0.2) is 84.1 Å². The third-order valence-corrected chi connectivity index (χ3v) is 15.7. The number of anilines is 2. The predicted molar refractivity (Wildman–Crippen MR) is 238 cm³/mol. The van der Waals surface area contributed by atoms with Crippen LogP contribution in [0.1, 0.15) is 117 Å². The number of aromatic nitrogens is 3. The highest BCUT2D eigenvalue weighted by Gasteiger charge is 2.50. The number of ether oxygens (including phenoxy) is 1. The first kappa shape index (κ1) is 41.4. The lowest BCUT2D eigenvalue weighted by Crippen LogP contribution is -2.54. The largest absolute Gasteiger partial charge is 0.455 e. The van der Waals surface area contributed by atoms with Gasteiger partial charge in [-0.1, -0.05) is 43.5 Å². The van der Waals surface area contributed by atoms with Crippen LogP contribution in [0.5, 0.6) is 11.5 Å². The minimum atomic E-state index is -4.67. The lowest BCUT2D eigenvalue weighted by molar-refractivity contribution is -0.384. The Morgan fingerprint density at radius 2 is 1.70 bits per heavy atom. The quantitative estimate of drug-likeness (QED) is 0.0759. The molecule has 0 unspecified atom stereocenters. The molecule has 2 saturated heterocycles. The molecule has 0 radical (unpaired) electrons. The summed E-state index contributed by atoms with van der Waals surface area (Å²) in [5, 5.41) is 15.6. The minimum Gasteiger partial charge on any atom is -0.455 e. The summed E-state index contributed by atoms with van der Waals surface area (Å²) in [6, 6.07) is 19.8. The molecule has 14 nitrogen and oxygen atoms in total. The van der Waals surface area contributed by atoms with Crippen LogP contribution < -0.4 is 19.7 Å². The highest BCUT2D eigenvalue weighted by atomic mass is 32.2. The SMILES string of the molecule is O=C(NS(=O)(=O)c1cnc(NCC2(F)CCCCC2)c([N+](=O)[O-])c1)c1ccc(N2CCC3(CC2)CC(N2CCC[C@H]2c2ccccc2C2CC2)C3)cc1Oc1cnc2[nH]ccc2c1. The number of nitrogens with zero attached hydrogens (tertiary/aromatic N) is 5. The molecule has 5 fully saturated rings. The van der Waals surface area contributed by atoms with Crippen LogP contribution in [0.3, 0.4) is 0 Å². The average molecular weight is 877 g/mol. The molecule has 10 rings (SSSR count). The summed E-state index contributed by atoms with van der Waals surface area (Å²) in [5.41, 5.74) is 2.67. The van der Waals surface area contributed by atoms with Crippen LogP contribution in [0.2, 0.25) is 0 Å². The summed E-state index contributed by atoms with van der Waals surface area (Å²) in [7, 11) is -4.67. The Balaban J connectivity index is 0.843. The van der Waals surface area contributed by atoms with E-state index in [1.165, 1.54) is 44.7 Å². The topological polar surface area (TPSA) is 176 Å². The fourth-order valence-electron chi connectivity index (χ4n) is 10.7. The smallest absolute Gasteiger partial charge is 0.312 e. The first-order valence-corrected chi connectivity index (χ1v) is 23.9. The zero-order valence-electron chi connectivity index (χ0n) is 35.2. The number of fused-ring (bicyclic) bond motifs is 1. The van der Waals surface area contributed by atoms with E-state index in [4.69, 9.17) is 4.74 Å². The molecule has 3 aromatic heterocycles. The average Bonchev–Trinajstić information content (AvgIpc) is 3.82. The van der Waals surface area contributed by atoms with Crippen molar-refractivity contribution in [2.75, 3.05) is 36.4 Å². The normalized spacial score (nSPS) is 21.3. The number of likely N-dealkylation sites (tertiary alicyclic amines) is 1. The van der Waals surface area contributed by atoms with E-state index in [1.54, 1.807) is 41.6 Å². The number of amides is 1. The molecule has 1 spiro atoms. The van der Waals surface area contributed by atoms with E-state index in [0.29, 0.717) is 54.6 Å². The molecule has 3 N–H and O–H groups in total. The molecule has 3 saturated carbocycles.